The summed E-state index contributed by atoms with van der Waals surface area (Å²) < 4.78 is 19.9. The molecule has 0 aliphatic heterocycles. The number of thiazole rings is 1. The molecule has 2 aromatic carbocycles. The van der Waals surface area contributed by atoms with Crippen molar-refractivity contribution in [1.82, 2.24) is 4.98 Å². The topological polar surface area (TPSA) is 51.2 Å². The predicted molar refractivity (Wildman–Crippen MR) is 113 cm³/mol. The van der Waals surface area contributed by atoms with E-state index in [1.54, 1.807) is 31.5 Å². The fraction of sp³-hybridized carbons (Fsp3) is 0.304. The van der Waals surface area contributed by atoms with E-state index in [2.05, 4.69) is 10.3 Å². The van der Waals surface area contributed by atoms with Crippen molar-refractivity contribution in [3.8, 4) is 5.75 Å². The third-order valence-electron chi connectivity index (χ3n) is 5.61. The van der Waals surface area contributed by atoms with Gasteiger partial charge in [0.1, 0.15) is 11.6 Å². The van der Waals surface area contributed by atoms with Crippen LogP contribution < -0.4 is 10.1 Å². The third kappa shape index (κ3) is 3.90. The Morgan fingerprint density at radius 2 is 1.90 bits per heavy atom. The monoisotopic (exact) mass is 410 g/mol. The van der Waals surface area contributed by atoms with E-state index in [0.717, 1.165) is 29.0 Å². The lowest BCUT2D eigenvalue weighted by molar-refractivity contribution is -0.121. The number of nitrogens with one attached hydrogen (secondary N) is 1. The molecule has 0 radical (unpaired) electrons. The highest BCUT2D eigenvalue weighted by molar-refractivity contribution is 7.15. The molecular weight excluding hydrogens is 387 g/mol. The van der Waals surface area contributed by atoms with Crippen LogP contribution in [0.1, 0.15) is 41.7 Å². The van der Waals surface area contributed by atoms with Crippen molar-refractivity contribution in [3.05, 3.63) is 76.5 Å². The molecule has 1 N–H and O–H groups in total. The molecule has 0 atom stereocenters. The number of aromatic nitrogens is 1. The number of para-hydroxylation sites is 1. The Morgan fingerprint density at radius 1 is 1.17 bits per heavy atom. The number of anilines is 1. The van der Waals surface area contributed by atoms with Gasteiger partial charge in [0, 0.05) is 23.1 Å². The van der Waals surface area contributed by atoms with Crippen LogP contribution in [0.4, 0.5) is 9.52 Å². The van der Waals surface area contributed by atoms with Crippen LogP contribution in [-0.4, -0.2) is 18.0 Å². The molecule has 3 aromatic rings. The largest absolute Gasteiger partial charge is 0.496 e. The Hall–Kier alpha value is -2.73. The van der Waals surface area contributed by atoms with Crippen molar-refractivity contribution in [2.75, 3.05) is 12.4 Å². The van der Waals surface area contributed by atoms with Gasteiger partial charge in [0.25, 0.3) is 0 Å². The minimum Gasteiger partial charge on any atom is -0.496 e. The zero-order chi connectivity index (χ0) is 20.3. The lowest BCUT2D eigenvalue weighted by atomic mass is 9.77. The van der Waals surface area contributed by atoms with Gasteiger partial charge in [0.15, 0.2) is 5.13 Å². The van der Waals surface area contributed by atoms with Gasteiger partial charge in [0.05, 0.1) is 12.5 Å². The highest BCUT2D eigenvalue weighted by atomic mass is 32.1. The van der Waals surface area contributed by atoms with Gasteiger partial charge >= 0.3 is 0 Å². The van der Waals surface area contributed by atoms with Gasteiger partial charge in [-0.05, 0) is 30.5 Å². The van der Waals surface area contributed by atoms with Crippen molar-refractivity contribution in [2.24, 2.45) is 0 Å². The minimum absolute atomic E-state index is 0.168. The average molecular weight is 411 g/mol. The number of ether oxygens (including phenoxy) is 1. The molecule has 1 aliphatic rings. The fourth-order valence-electron chi connectivity index (χ4n) is 4.15. The van der Waals surface area contributed by atoms with E-state index in [-0.39, 0.29) is 11.7 Å². The smallest absolute Gasteiger partial charge is 0.236 e. The molecule has 1 heterocycles. The summed E-state index contributed by atoms with van der Waals surface area (Å²) >= 11 is 1.44. The Labute approximate surface area is 173 Å². The van der Waals surface area contributed by atoms with Crippen LogP contribution in [0.3, 0.4) is 0 Å². The van der Waals surface area contributed by atoms with Crippen molar-refractivity contribution >= 4 is 22.4 Å². The first-order valence-corrected chi connectivity index (χ1v) is 10.6. The van der Waals surface area contributed by atoms with E-state index >= 15 is 0 Å². The first-order chi connectivity index (χ1) is 14.1. The van der Waals surface area contributed by atoms with Crippen LogP contribution in [0.15, 0.2) is 54.7 Å². The van der Waals surface area contributed by atoms with E-state index in [1.165, 1.54) is 17.4 Å². The molecule has 0 unspecified atom stereocenters. The van der Waals surface area contributed by atoms with Crippen LogP contribution >= 0.6 is 11.3 Å². The molecule has 1 fully saturated rings. The quantitative estimate of drug-likeness (QED) is 0.597. The highest BCUT2D eigenvalue weighted by Gasteiger charge is 2.44. The summed E-state index contributed by atoms with van der Waals surface area (Å²) in [6.45, 7) is 0. The van der Waals surface area contributed by atoms with Crippen LogP contribution in [0, 0.1) is 5.82 Å². The standard InChI is InChI=1S/C23H23FN2O2S/c1-28-20-11-5-2-8-16(20)14-17-15-25-22(29-17)26-21(27)23(12-6-7-13-23)18-9-3-4-10-19(18)24/h2-5,8-11,15H,6-7,12-14H2,1H3,(H,25,26,27). The molecule has 4 nitrogen and oxygen atoms in total. The molecular formula is C23H23FN2O2S. The summed E-state index contributed by atoms with van der Waals surface area (Å²) in [6, 6.07) is 14.5. The normalized spacial score (nSPS) is 15.2. The predicted octanol–water partition coefficient (Wildman–Crippen LogP) is 5.33. The Bertz CT molecular complexity index is 1010. The van der Waals surface area contributed by atoms with E-state index < -0.39 is 5.41 Å². The van der Waals surface area contributed by atoms with Crippen molar-refractivity contribution < 1.29 is 13.9 Å². The second-order valence-corrected chi connectivity index (χ2v) is 8.46. The maximum absolute atomic E-state index is 14.5. The van der Waals surface area contributed by atoms with Gasteiger partial charge in [-0.25, -0.2) is 9.37 Å². The van der Waals surface area contributed by atoms with Crippen LogP contribution in [0.5, 0.6) is 5.75 Å². The number of carbonyl (C=O) groups is 1. The summed E-state index contributed by atoms with van der Waals surface area (Å²) in [6.07, 6.45) is 5.59. The first kappa shape index (κ1) is 19.6. The van der Waals surface area contributed by atoms with Crippen LogP contribution in [0.2, 0.25) is 0 Å². The zero-order valence-corrected chi connectivity index (χ0v) is 17.1. The number of benzene rings is 2. The number of hydrogen-bond donors (Lipinski definition) is 1. The molecule has 0 spiro atoms. The molecule has 1 saturated carbocycles. The number of amides is 1. The first-order valence-electron chi connectivity index (χ1n) is 9.75. The van der Waals surface area contributed by atoms with Gasteiger partial charge in [-0.2, -0.15) is 0 Å². The van der Waals surface area contributed by atoms with E-state index in [4.69, 9.17) is 4.74 Å². The fourth-order valence-corrected chi connectivity index (χ4v) is 4.98. The molecule has 4 rings (SSSR count). The molecule has 0 saturated heterocycles. The van der Waals surface area contributed by atoms with Crippen molar-refractivity contribution in [3.63, 3.8) is 0 Å². The summed E-state index contributed by atoms with van der Waals surface area (Å²) in [5, 5.41) is 3.50. The molecule has 1 amide bonds. The lowest BCUT2D eigenvalue weighted by Gasteiger charge is -2.28. The van der Waals surface area contributed by atoms with Gasteiger partial charge in [-0.15, -0.1) is 11.3 Å². The number of rotatable bonds is 6. The molecule has 0 bridgehead atoms. The maximum atomic E-state index is 14.5. The number of nitrogens with zero attached hydrogens (tertiary/aromatic N) is 1. The summed E-state index contributed by atoms with van der Waals surface area (Å²) in [5.74, 6) is 0.342. The number of halogens is 1. The molecule has 150 valence electrons. The molecule has 1 aliphatic carbocycles. The Kier molecular flexibility index (Phi) is 5.62. The van der Waals surface area contributed by atoms with Gasteiger partial charge < -0.3 is 10.1 Å². The summed E-state index contributed by atoms with van der Waals surface area (Å²) in [4.78, 5) is 18.6. The molecule has 29 heavy (non-hydrogen) atoms. The molecule has 1 aromatic heterocycles. The van der Waals surface area contributed by atoms with Crippen molar-refractivity contribution in [2.45, 2.75) is 37.5 Å². The van der Waals surface area contributed by atoms with E-state index in [0.29, 0.717) is 30.0 Å². The van der Waals surface area contributed by atoms with Gasteiger partial charge in [0.2, 0.25) is 5.91 Å². The van der Waals surface area contributed by atoms with E-state index in [1.807, 2.05) is 24.3 Å². The van der Waals surface area contributed by atoms with Gasteiger partial charge in [-0.3, -0.25) is 4.79 Å². The summed E-state index contributed by atoms with van der Waals surface area (Å²) in [7, 11) is 1.65. The van der Waals surface area contributed by atoms with Gasteiger partial charge in [-0.1, -0.05) is 49.2 Å². The lowest BCUT2D eigenvalue weighted by Crippen LogP contribution is -2.38. The van der Waals surface area contributed by atoms with E-state index in [9.17, 15) is 9.18 Å². The SMILES string of the molecule is COc1ccccc1Cc1cnc(NC(=O)C2(c3ccccc3F)CCCC2)s1. The van der Waals surface area contributed by atoms with Crippen molar-refractivity contribution in [1.29, 1.82) is 0 Å². The average Bonchev–Trinajstić information content (AvgIpc) is 3.39. The minimum atomic E-state index is -0.820. The number of hydrogen-bond acceptors (Lipinski definition) is 4. The number of carbonyl (C=O) groups excluding carboxylic acids is 1. The Morgan fingerprint density at radius 3 is 2.66 bits per heavy atom. The maximum Gasteiger partial charge on any atom is 0.236 e. The summed E-state index contributed by atoms with van der Waals surface area (Å²) in [5.41, 5.74) is 0.732. The zero-order valence-electron chi connectivity index (χ0n) is 16.3. The van der Waals surface area contributed by atoms with Crippen LogP contribution in [0.25, 0.3) is 0 Å². The second-order valence-electron chi connectivity index (χ2n) is 7.34. The molecule has 6 heteroatoms. The second kappa shape index (κ2) is 8.33. The Balaban J connectivity index is 1.53. The number of methoxy groups -OCH3 is 1. The highest BCUT2D eigenvalue weighted by Crippen LogP contribution is 2.43. The third-order valence-corrected chi connectivity index (χ3v) is 6.53. The van der Waals surface area contributed by atoms with Crippen LogP contribution in [-0.2, 0) is 16.6 Å².